The van der Waals surface area contributed by atoms with Crippen molar-refractivity contribution in [1.29, 1.82) is 0 Å². The quantitative estimate of drug-likeness (QED) is 0.568. The Balaban J connectivity index is 1.45. The molecule has 0 aliphatic heterocycles. The molecule has 154 valence electrons. The molecule has 3 rings (SSSR count). The molecule has 2 N–H and O–H groups in total. The Kier molecular flexibility index (Phi) is 6.92. The van der Waals surface area contributed by atoms with E-state index in [0.717, 1.165) is 21.8 Å². The minimum Gasteiger partial charge on any atom is -0.454 e. The number of amides is 2. The first-order valence-electron chi connectivity index (χ1n) is 9.23. The van der Waals surface area contributed by atoms with Crippen LogP contribution >= 0.6 is 11.3 Å². The molecule has 0 unspecified atom stereocenters. The van der Waals surface area contributed by atoms with Crippen molar-refractivity contribution in [3.8, 4) is 11.3 Å². The molecule has 30 heavy (non-hydrogen) atoms. The van der Waals surface area contributed by atoms with Crippen LogP contribution in [0.5, 0.6) is 0 Å². The second-order valence-electron chi connectivity index (χ2n) is 6.59. The van der Waals surface area contributed by atoms with Gasteiger partial charge in [0, 0.05) is 22.2 Å². The van der Waals surface area contributed by atoms with Gasteiger partial charge in [0.2, 0.25) is 0 Å². The van der Waals surface area contributed by atoms with Crippen LogP contribution in [0, 0.1) is 13.8 Å². The summed E-state index contributed by atoms with van der Waals surface area (Å²) < 4.78 is 4.93. The molecule has 0 fully saturated rings. The Morgan fingerprint density at radius 3 is 2.60 bits per heavy atom. The largest absolute Gasteiger partial charge is 0.454 e. The highest BCUT2D eigenvalue weighted by Crippen LogP contribution is 2.24. The van der Waals surface area contributed by atoms with E-state index in [2.05, 4.69) is 15.6 Å². The Morgan fingerprint density at radius 2 is 1.87 bits per heavy atom. The third-order valence-corrected chi connectivity index (χ3v) is 4.87. The van der Waals surface area contributed by atoms with Gasteiger partial charge in [0.25, 0.3) is 11.8 Å². The zero-order chi connectivity index (χ0) is 21.5. The van der Waals surface area contributed by atoms with E-state index in [1.54, 1.807) is 41.7 Å². The van der Waals surface area contributed by atoms with E-state index in [4.69, 9.17) is 4.74 Å². The predicted octanol–water partition coefficient (Wildman–Crippen LogP) is 3.34. The number of ether oxygens (including phenoxy) is 1. The molecule has 8 heteroatoms. The Labute approximate surface area is 178 Å². The molecule has 1 heterocycles. The average molecular weight is 423 g/mol. The molecular formula is C22H21N3O4S. The number of thiazole rings is 1. The molecule has 1 aromatic heterocycles. The molecule has 3 aromatic rings. The van der Waals surface area contributed by atoms with Crippen LogP contribution in [0.3, 0.4) is 0 Å². The lowest BCUT2D eigenvalue weighted by atomic mass is 10.1. The third kappa shape index (κ3) is 5.99. The summed E-state index contributed by atoms with van der Waals surface area (Å²) in [5.74, 6) is -1.55. The molecule has 0 saturated heterocycles. The molecular weight excluding hydrogens is 402 g/mol. The van der Waals surface area contributed by atoms with Gasteiger partial charge in [0.05, 0.1) is 10.7 Å². The molecule has 2 amide bonds. The van der Waals surface area contributed by atoms with Crippen LogP contribution in [0.25, 0.3) is 11.3 Å². The number of anilines is 1. The van der Waals surface area contributed by atoms with Gasteiger partial charge in [-0.2, -0.15) is 0 Å². The molecule has 0 aliphatic rings. The summed E-state index contributed by atoms with van der Waals surface area (Å²) in [6.07, 6.45) is 0. The zero-order valence-electron chi connectivity index (χ0n) is 16.6. The van der Waals surface area contributed by atoms with E-state index in [9.17, 15) is 14.4 Å². The fourth-order valence-corrected chi connectivity index (χ4v) is 3.31. The van der Waals surface area contributed by atoms with Crippen molar-refractivity contribution in [2.45, 2.75) is 13.8 Å². The zero-order valence-corrected chi connectivity index (χ0v) is 17.4. The van der Waals surface area contributed by atoms with Crippen LogP contribution < -0.4 is 10.6 Å². The van der Waals surface area contributed by atoms with E-state index in [1.165, 1.54) is 0 Å². The standard InChI is InChI=1S/C22H21N3O4S/c1-14-5-3-7-17(9-14)22(28)23-11-21(27)29-12-20(26)25-18-8-4-6-16(10-18)19-13-30-15(2)24-19/h3-10,13H,11-12H2,1-2H3,(H,23,28)(H,25,26). The Morgan fingerprint density at radius 1 is 1.07 bits per heavy atom. The predicted molar refractivity (Wildman–Crippen MR) is 115 cm³/mol. The van der Waals surface area contributed by atoms with Crippen LogP contribution in [0.15, 0.2) is 53.9 Å². The van der Waals surface area contributed by atoms with E-state index in [-0.39, 0.29) is 12.5 Å². The average Bonchev–Trinajstić information content (AvgIpc) is 3.17. The maximum Gasteiger partial charge on any atom is 0.325 e. The summed E-state index contributed by atoms with van der Waals surface area (Å²) in [6, 6.07) is 14.3. The number of esters is 1. The number of hydrogen-bond donors (Lipinski definition) is 2. The number of benzene rings is 2. The van der Waals surface area contributed by atoms with Gasteiger partial charge in [0.15, 0.2) is 6.61 Å². The summed E-state index contributed by atoms with van der Waals surface area (Å²) >= 11 is 1.55. The summed E-state index contributed by atoms with van der Waals surface area (Å²) in [5, 5.41) is 8.07. The van der Waals surface area contributed by atoms with Crippen LogP contribution in [-0.4, -0.2) is 35.9 Å². The topological polar surface area (TPSA) is 97.4 Å². The fourth-order valence-electron chi connectivity index (χ4n) is 2.69. The smallest absolute Gasteiger partial charge is 0.325 e. The van der Waals surface area contributed by atoms with Gasteiger partial charge < -0.3 is 15.4 Å². The second kappa shape index (κ2) is 9.80. The molecule has 7 nitrogen and oxygen atoms in total. The first-order chi connectivity index (χ1) is 14.4. The molecule has 2 aromatic carbocycles. The summed E-state index contributed by atoms with van der Waals surface area (Å²) in [6.45, 7) is 3.03. The van der Waals surface area contributed by atoms with E-state index >= 15 is 0 Å². The van der Waals surface area contributed by atoms with Crippen molar-refractivity contribution in [1.82, 2.24) is 10.3 Å². The van der Waals surface area contributed by atoms with Crippen LogP contribution in [0.2, 0.25) is 0 Å². The number of aromatic nitrogens is 1. The number of carbonyl (C=O) groups excluding carboxylic acids is 3. The molecule has 0 spiro atoms. The number of nitrogens with one attached hydrogen (secondary N) is 2. The van der Waals surface area contributed by atoms with Gasteiger partial charge in [-0.3, -0.25) is 14.4 Å². The van der Waals surface area contributed by atoms with Gasteiger partial charge in [0.1, 0.15) is 6.54 Å². The van der Waals surface area contributed by atoms with Crippen LogP contribution in [0.4, 0.5) is 5.69 Å². The minimum absolute atomic E-state index is 0.321. The lowest BCUT2D eigenvalue weighted by molar-refractivity contribution is -0.146. The maximum atomic E-state index is 12.1. The monoisotopic (exact) mass is 423 g/mol. The van der Waals surface area contributed by atoms with E-state index < -0.39 is 18.5 Å². The summed E-state index contributed by atoms with van der Waals surface area (Å²) in [5.41, 5.74) is 3.69. The molecule has 0 bridgehead atoms. The molecule has 0 aliphatic carbocycles. The Hall–Kier alpha value is -3.52. The summed E-state index contributed by atoms with van der Waals surface area (Å²) in [7, 11) is 0. The number of carbonyl (C=O) groups is 3. The van der Waals surface area contributed by atoms with Crippen molar-refractivity contribution in [2.24, 2.45) is 0 Å². The van der Waals surface area contributed by atoms with Gasteiger partial charge in [-0.15, -0.1) is 11.3 Å². The van der Waals surface area contributed by atoms with Crippen molar-refractivity contribution in [3.63, 3.8) is 0 Å². The van der Waals surface area contributed by atoms with Crippen molar-refractivity contribution >= 4 is 34.8 Å². The van der Waals surface area contributed by atoms with Gasteiger partial charge in [-0.25, -0.2) is 4.98 Å². The molecule has 0 atom stereocenters. The lowest BCUT2D eigenvalue weighted by Crippen LogP contribution is -2.32. The van der Waals surface area contributed by atoms with Crippen molar-refractivity contribution < 1.29 is 19.1 Å². The highest BCUT2D eigenvalue weighted by atomic mass is 32.1. The van der Waals surface area contributed by atoms with E-state index in [1.807, 2.05) is 37.4 Å². The Bertz CT molecular complexity index is 1080. The minimum atomic E-state index is -0.696. The van der Waals surface area contributed by atoms with Crippen molar-refractivity contribution in [2.75, 3.05) is 18.5 Å². The van der Waals surface area contributed by atoms with E-state index in [0.29, 0.717) is 11.3 Å². The number of rotatable bonds is 7. The molecule has 0 radical (unpaired) electrons. The van der Waals surface area contributed by atoms with Gasteiger partial charge in [-0.05, 0) is 38.1 Å². The van der Waals surface area contributed by atoms with Crippen LogP contribution in [-0.2, 0) is 14.3 Å². The first-order valence-corrected chi connectivity index (χ1v) is 10.1. The van der Waals surface area contributed by atoms with Gasteiger partial charge in [-0.1, -0.05) is 29.8 Å². The normalized spacial score (nSPS) is 10.3. The number of nitrogens with zero attached hydrogens (tertiary/aromatic N) is 1. The fraction of sp³-hybridized carbons (Fsp3) is 0.182. The highest BCUT2D eigenvalue weighted by molar-refractivity contribution is 7.09. The highest BCUT2D eigenvalue weighted by Gasteiger charge is 2.12. The number of aryl methyl sites for hydroxylation is 2. The SMILES string of the molecule is Cc1cccc(C(=O)NCC(=O)OCC(=O)Nc2cccc(-c3csc(C)n3)c2)c1. The maximum absolute atomic E-state index is 12.1. The second-order valence-corrected chi connectivity index (χ2v) is 7.66. The lowest BCUT2D eigenvalue weighted by Gasteiger charge is -2.08. The third-order valence-electron chi connectivity index (χ3n) is 4.10. The number of hydrogen-bond acceptors (Lipinski definition) is 6. The van der Waals surface area contributed by atoms with Crippen molar-refractivity contribution in [3.05, 3.63) is 70.0 Å². The molecule has 0 saturated carbocycles. The van der Waals surface area contributed by atoms with Crippen LogP contribution in [0.1, 0.15) is 20.9 Å². The first kappa shape index (κ1) is 21.2. The summed E-state index contributed by atoms with van der Waals surface area (Å²) in [4.78, 5) is 40.3. The van der Waals surface area contributed by atoms with Gasteiger partial charge >= 0.3 is 5.97 Å².